The van der Waals surface area contributed by atoms with Gasteiger partial charge in [-0.2, -0.15) is 0 Å². The van der Waals surface area contributed by atoms with E-state index < -0.39 is 4.92 Å². The van der Waals surface area contributed by atoms with Crippen LogP contribution in [-0.4, -0.2) is 15.6 Å². The summed E-state index contributed by atoms with van der Waals surface area (Å²) in [7, 11) is 0. The topological polar surface area (TPSA) is 73.8 Å². The van der Waals surface area contributed by atoms with Crippen LogP contribution in [-0.2, 0) is 13.0 Å². The molecule has 0 aliphatic carbocycles. The van der Waals surface area contributed by atoms with E-state index in [9.17, 15) is 14.9 Å². The first-order valence-corrected chi connectivity index (χ1v) is 9.65. The average molecular weight is 400 g/mol. The third kappa shape index (κ3) is 3.67. The van der Waals surface area contributed by atoms with Gasteiger partial charge in [0.1, 0.15) is 12.4 Å². The molecule has 0 bridgehead atoms. The number of aryl methyl sites for hydroxylation is 1. The van der Waals surface area contributed by atoms with E-state index in [0.717, 1.165) is 29.4 Å². The molecule has 2 aromatic carbocycles. The number of non-ortho nitro benzene ring substituents is 1. The molecule has 4 aromatic rings. The third-order valence-electron chi connectivity index (χ3n) is 5.09. The van der Waals surface area contributed by atoms with E-state index in [2.05, 4.69) is 0 Å². The van der Waals surface area contributed by atoms with Gasteiger partial charge in [-0.1, -0.05) is 43.3 Å². The molecule has 4 rings (SSSR count). The van der Waals surface area contributed by atoms with Crippen molar-refractivity contribution in [1.82, 2.24) is 4.40 Å². The van der Waals surface area contributed by atoms with E-state index in [4.69, 9.17) is 4.74 Å². The van der Waals surface area contributed by atoms with Gasteiger partial charge in [0, 0.05) is 35.0 Å². The zero-order chi connectivity index (χ0) is 21.1. The van der Waals surface area contributed by atoms with Crippen LogP contribution in [0.25, 0.3) is 16.6 Å². The lowest BCUT2D eigenvalue weighted by atomic mass is 10.0. The zero-order valence-electron chi connectivity index (χ0n) is 16.4. The molecule has 0 spiro atoms. The summed E-state index contributed by atoms with van der Waals surface area (Å²) in [4.78, 5) is 22.9. The number of pyridine rings is 1. The van der Waals surface area contributed by atoms with Gasteiger partial charge in [-0.3, -0.25) is 14.9 Å². The second kappa shape index (κ2) is 8.21. The summed E-state index contributed by atoms with van der Waals surface area (Å²) >= 11 is 0. The lowest BCUT2D eigenvalue weighted by Gasteiger charge is -2.12. The fourth-order valence-electron chi connectivity index (χ4n) is 3.48. The highest BCUT2D eigenvalue weighted by Crippen LogP contribution is 2.37. The van der Waals surface area contributed by atoms with Crippen LogP contribution in [0, 0.1) is 10.1 Å². The van der Waals surface area contributed by atoms with Crippen molar-refractivity contribution < 1.29 is 14.5 Å². The first-order valence-electron chi connectivity index (χ1n) is 9.65. The largest absolute Gasteiger partial charge is 0.488 e. The number of ether oxygens (including phenoxy) is 1. The van der Waals surface area contributed by atoms with Crippen molar-refractivity contribution >= 4 is 17.5 Å². The Morgan fingerprint density at radius 2 is 1.80 bits per heavy atom. The minimum atomic E-state index is -0.448. The van der Waals surface area contributed by atoms with Gasteiger partial charge in [-0.25, -0.2) is 0 Å². The number of nitrogens with zero attached hydrogens (tertiary/aromatic N) is 2. The Balaban J connectivity index is 1.84. The molecular weight excluding hydrogens is 380 g/mol. The van der Waals surface area contributed by atoms with Crippen LogP contribution in [0.1, 0.15) is 28.5 Å². The number of hydrogen-bond acceptors (Lipinski definition) is 4. The standard InChI is InChI=1S/C24H20N2O4/c1-2-17-8-9-19-12-21(23(15-27)25(19)14-17)22-13-20(26(28)29)10-11-24(22)30-16-18-6-4-3-5-7-18/h3-15H,2,16H2,1H3. The lowest BCUT2D eigenvalue weighted by Crippen LogP contribution is -1.99. The van der Waals surface area contributed by atoms with Crippen molar-refractivity contribution in [2.24, 2.45) is 0 Å². The normalized spacial score (nSPS) is 10.8. The van der Waals surface area contributed by atoms with E-state index in [1.54, 1.807) is 6.07 Å². The molecule has 0 N–H and O–H groups in total. The van der Waals surface area contributed by atoms with Crippen molar-refractivity contribution in [2.45, 2.75) is 20.0 Å². The number of fused-ring (bicyclic) bond motifs is 1. The Labute approximate surface area is 173 Å². The summed E-state index contributed by atoms with van der Waals surface area (Å²) < 4.78 is 7.83. The quantitative estimate of drug-likeness (QED) is 0.234. The molecule has 6 heteroatoms. The van der Waals surface area contributed by atoms with Crippen LogP contribution in [0.15, 0.2) is 72.9 Å². The van der Waals surface area contributed by atoms with Gasteiger partial charge in [0.15, 0.2) is 6.29 Å². The summed E-state index contributed by atoms with van der Waals surface area (Å²) in [6, 6.07) is 19.9. The molecular formula is C24H20N2O4. The summed E-state index contributed by atoms with van der Waals surface area (Å²) in [5.41, 5.74) is 4.40. The maximum Gasteiger partial charge on any atom is 0.270 e. The molecule has 30 heavy (non-hydrogen) atoms. The monoisotopic (exact) mass is 400 g/mol. The maximum atomic E-state index is 12.0. The number of carbonyl (C=O) groups excluding carboxylic acids is 1. The summed E-state index contributed by atoms with van der Waals surface area (Å²) in [5, 5.41) is 11.4. The van der Waals surface area contributed by atoms with E-state index in [1.165, 1.54) is 12.1 Å². The highest BCUT2D eigenvalue weighted by atomic mass is 16.6. The molecule has 0 saturated heterocycles. The second-order valence-electron chi connectivity index (χ2n) is 6.96. The van der Waals surface area contributed by atoms with Crippen molar-refractivity contribution in [3.63, 3.8) is 0 Å². The molecule has 0 amide bonds. The van der Waals surface area contributed by atoms with E-state index in [-0.39, 0.29) is 5.69 Å². The molecule has 0 saturated carbocycles. The molecule has 0 aliphatic rings. The van der Waals surface area contributed by atoms with Crippen LogP contribution >= 0.6 is 0 Å². The Kier molecular flexibility index (Phi) is 5.30. The molecule has 0 atom stereocenters. The van der Waals surface area contributed by atoms with Gasteiger partial charge >= 0.3 is 0 Å². The van der Waals surface area contributed by atoms with Gasteiger partial charge in [0.2, 0.25) is 0 Å². The van der Waals surface area contributed by atoms with Gasteiger partial charge < -0.3 is 9.14 Å². The van der Waals surface area contributed by atoms with Crippen LogP contribution < -0.4 is 4.74 Å². The van der Waals surface area contributed by atoms with Crippen molar-refractivity contribution in [3.8, 4) is 16.9 Å². The van der Waals surface area contributed by atoms with Gasteiger partial charge in [-0.15, -0.1) is 0 Å². The van der Waals surface area contributed by atoms with E-state index >= 15 is 0 Å². The second-order valence-corrected chi connectivity index (χ2v) is 6.96. The third-order valence-corrected chi connectivity index (χ3v) is 5.09. The Morgan fingerprint density at radius 1 is 1.00 bits per heavy atom. The minimum absolute atomic E-state index is 0.0570. The molecule has 0 aliphatic heterocycles. The highest BCUT2D eigenvalue weighted by Gasteiger charge is 2.19. The molecule has 0 unspecified atom stereocenters. The molecule has 2 heterocycles. The van der Waals surface area contributed by atoms with Gasteiger partial charge in [0.25, 0.3) is 5.69 Å². The number of nitro groups is 1. The van der Waals surface area contributed by atoms with Crippen molar-refractivity contribution in [2.75, 3.05) is 0 Å². The minimum Gasteiger partial charge on any atom is -0.488 e. The fourth-order valence-corrected chi connectivity index (χ4v) is 3.48. The number of carbonyl (C=O) groups is 1. The highest BCUT2D eigenvalue weighted by molar-refractivity contribution is 5.92. The molecule has 6 nitrogen and oxygen atoms in total. The lowest BCUT2D eigenvalue weighted by molar-refractivity contribution is -0.384. The van der Waals surface area contributed by atoms with Gasteiger partial charge in [0.05, 0.1) is 10.6 Å². The predicted molar refractivity (Wildman–Crippen MR) is 115 cm³/mol. The molecule has 2 aromatic heterocycles. The molecule has 0 fully saturated rings. The van der Waals surface area contributed by atoms with Crippen LogP contribution in [0.3, 0.4) is 0 Å². The molecule has 150 valence electrons. The Morgan fingerprint density at radius 3 is 2.50 bits per heavy atom. The fraction of sp³-hybridized carbons (Fsp3) is 0.125. The van der Waals surface area contributed by atoms with Gasteiger partial charge in [-0.05, 0) is 35.7 Å². The summed E-state index contributed by atoms with van der Waals surface area (Å²) in [5.74, 6) is 0.485. The molecule has 0 radical (unpaired) electrons. The SMILES string of the molecule is CCc1ccc2cc(-c3cc([N+](=O)[O-])ccc3OCc3ccccc3)c(C=O)n2c1. The van der Waals surface area contributed by atoms with Crippen molar-refractivity contribution in [3.05, 3.63) is 99.9 Å². The van der Waals surface area contributed by atoms with Crippen LogP contribution in [0.5, 0.6) is 5.75 Å². The van der Waals surface area contributed by atoms with E-state index in [0.29, 0.717) is 29.2 Å². The predicted octanol–water partition coefficient (Wildman–Crippen LogP) is 5.47. The first kappa shape index (κ1) is 19.4. The number of aldehydes is 1. The number of benzene rings is 2. The Bertz CT molecular complexity index is 1230. The van der Waals surface area contributed by atoms with Crippen LogP contribution in [0.4, 0.5) is 5.69 Å². The average Bonchev–Trinajstić information content (AvgIpc) is 3.15. The maximum absolute atomic E-state index is 12.0. The zero-order valence-corrected chi connectivity index (χ0v) is 16.4. The smallest absolute Gasteiger partial charge is 0.270 e. The number of aromatic nitrogens is 1. The van der Waals surface area contributed by atoms with E-state index in [1.807, 2.05) is 66.1 Å². The van der Waals surface area contributed by atoms with Crippen molar-refractivity contribution in [1.29, 1.82) is 0 Å². The first-order chi connectivity index (χ1) is 14.6. The number of hydrogen-bond donors (Lipinski definition) is 0. The van der Waals surface area contributed by atoms with Crippen LogP contribution in [0.2, 0.25) is 0 Å². The summed E-state index contributed by atoms with van der Waals surface area (Å²) in [6.07, 6.45) is 3.54. The number of nitro benzene ring substituents is 1. The Hall–Kier alpha value is -3.93. The summed E-state index contributed by atoms with van der Waals surface area (Å²) in [6.45, 7) is 2.36. The number of rotatable bonds is 7.